The van der Waals surface area contributed by atoms with Gasteiger partial charge in [0.25, 0.3) is 0 Å². The first kappa shape index (κ1) is 14.2. The van der Waals surface area contributed by atoms with Crippen molar-refractivity contribution in [3.8, 4) is 0 Å². The summed E-state index contributed by atoms with van der Waals surface area (Å²) in [4.78, 5) is 4.62. The molecule has 1 aromatic heterocycles. The lowest BCUT2D eigenvalue weighted by Gasteiger charge is -2.15. The number of aryl methyl sites for hydroxylation is 1. The van der Waals surface area contributed by atoms with E-state index >= 15 is 0 Å². The third-order valence-corrected chi connectivity index (χ3v) is 4.05. The van der Waals surface area contributed by atoms with Gasteiger partial charge in [0, 0.05) is 10.8 Å². The Hall–Kier alpha value is -1.26. The van der Waals surface area contributed by atoms with Crippen molar-refractivity contribution in [1.29, 1.82) is 0 Å². The Morgan fingerprint density at radius 3 is 2.53 bits per heavy atom. The SMILES string of the molecule is Cc1cc(F)ccc1C(N)c1nc(C(C)(C)C)cs1. The summed E-state index contributed by atoms with van der Waals surface area (Å²) in [7, 11) is 0. The topological polar surface area (TPSA) is 38.9 Å². The molecule has 0 bridgehead atoms. The molecule has 2 aromatic rings. The first-order valence-corrected chi connectivity index (χ1v) is 7.14. The molecule has 0 saturated heterocycles. The van der Waals surface area contributed by atoms with E-state index in [1.165, 1.54) is 12.1 Å². The molecule has 0 aliphatic heterocycles. The summed E-state index contributed by atoms with van der Waals surface area (Å²) < 4.78 is 13.1. The van der Waals surface area contributed by atoms with Crippen LogP contribution in [0.25, 0.3) is 0 Å². The maximum absolute atomic E-state index is 13.1. The van der Waals surface area contributed by atoms with Gasteiger partial charge in [-0.1, -0.05) is 26.8 Å². The third-order valence-electron chi connectivity index (χ3n) is 3.12. The van der Waals surface area contributed by atoms with Gasteiger partial charge >= 0.3 is 0 Å². The fraction of sp³-hybridized carbons (Fsp3) is 0.400. The van der Waals surface area contributed by atoms with Gasteiger partial charge < -0.3 is 5.73 Å². The first-order valence-electron chi connectivity index (χ1n) is 6.26. The number of halogens is 1. The quantitative estimate of drug-likeness (QED) is 0.903. The van der Waals surface area contributed by atoms with Gasteiger partial charge in [0.2, 0.25) is 0 Å². The lowest BCUT2D eigenvalue weighted by molar-refractivity contribution is 0.569. The van der Waals surface area contributed by atoms with Crippen LogP contribution in [0.15, 0.2) is 23.6 Å². The van der Waals surface area contributed by atoms with Crippen molar-refractivity contribution in [2.24, 2.45) is 5.73 Å². The number of nitrogens with two attached hydrogens (primary N) is 1. The van der Waals surface area contributed by atoms with Gasteiger partial charge in [-0.25, -0.2) is 9.37 Å². The van der Waals surface area contributed by atoms with E-state index in [-0.39, 0.29) is 17.3 Å². The number of thiazole rings is 1. The molecule has 4 heteroatoms. The maximum atomic E-state index is 13.1. The number of hydrogen-bond acceptors (Lipinski definition) is 3. The monoisotopic (exact) mass is 278 g/mol. The summed E-state index contributed by atoms with van der Waals surface area (Å²) >= 11 is 1.56. The fourth-order valence-electron chi connectivity index (χ4n) is 1.90. The van der Waals surface area contributed by atoms with Crippen molar-refractivity contribution in [3.63, 3.8) is 0 Å². The number of nitrogens with zero attached hydrogens (tertiary/aromatic N) is 1. The van der Waals surface area contributed by atoms with E-state index < -0.39 is 0 Å². The molecule has 2 rings (SSSR count). The average Bonchev–Trinajstić information content (AvgIpc) is 2.76. The number of benzene rings is 1. The second kappa shape index (κ2) is 5.02. The zero-order valence-corrected chi connectivity index (χ0v) is 12.5. The van der Waals surface area contributed by atoms with E-state index in [2.05, 4.69) is 25.8 Å². The average molecular weight is 278 g/mol. The third kappa shape index (κ3) is 3.01. The highest BCUT2D eigenvalue weighted by Gasteiger charge is 2.21. The molecule has 0 fully saturated rings. The molecule has 1 heterocycles. The van der Waals surface area contributed by atoms with Crippen LogP contribution in [-0.4, -0.2) is 4.98 Å². The second-order valence-electron chi connectivity index (χ2n) is 5.80. The van der Waals surface area contributed by atoms with Crippen LogP contribution < -0.4 is 5.73 Å². The fourth-order valence-corrected chi connectivity index (χ4v) is 2.96. The lowest BCUT2D eigenvalue weighted by atomic mass is 9.93. The van der Waals surface area contributed by atoms with E-state index in [0.29, 0.717) is 0 Å². The maximum Gasteiger partial charge on any atom is 0.123 e. The van der Waals surface area contributed by atoms with Crippen LogP contribution in [0.5, 0.6) is 0 Å². The number of rotatable bonds is 2. The Balaban J connectivity index is 2.34. The van der Waals surface area contributed by atoms with E-state index in [0.717, 1.165) is 21.8 Å². The molecular formula is C15H19FN2S. The second-order valence-corrected chi connectivity index (χ2v) is 6.69. The van der Waals surface area contributed by atoms with Gasteiger partial charge in [0.05, 0.1) is 11.7 Å². The Labute approximate surface area is 117 Å². The van der Waals surface area contributed by atoms with Crippen LogP contribution in [0.3, 0.4) is 0 Å². The molecule has 2 nitrogen and oxygen atoms in total. The Morgan fingerprint density at radius 2 is 2.00 bits per heavy atom. The summed E-state index contributed by atoms with van der Waals surface area (Å²) in [6.07, 6.45) is 0. The molecule has 0 saturated carbocycles. The van der Waals surface area contributed by atoms with E-state index in [9.17, 15) is 4.39 Å². The molecule has 0 spiro atoms. The Bertz CT molecular complexity index is 584. The molecule has 102 valence electrons. The molecule has 0 aliphatic carbocycles. The minimum Gasteiger partial charge on any atom is -0.318 e. The summed E-state index contributed by atoms with van der Waals surface area (Å²) in [6.45, 7) is 8.25. The Morgan fingerprint density at radius 1 is 1.32 bits per heavy atom. The zero-order valence-electron chi connectivity index (χ0n) is 11.7. The minimum atomic E-state index is -0.290. The van der Waals surface area contributed by atoms with Gasteiger partial charge in [0.15, 0.2) is 0 Å². The summed E-state index contributed by atoms with van der Waals surface area (Å²) in [5, 5.41) is 2.92. The summed E-state index contributed by atoms with van der Waals surface area (Å²) in [6, 6.07) is 4.41. The standard InChI is InChI=1S/C15H19FN2S/c1-9-7-10(16)5-6-11(9)13(17)14-18-12(8-19-14)15(2,3)4/h5-8,13H,17H2,1-4H3. The minimum absolute atomic E-state index is 0.0201. The molecule has 19 heavy (non-hydrogen) atoms. The van der Waals surface area contributed by atoms with Crippen molar-refractivity contribution in [2.45, 2.75) is 39.2 Å². The molecule has 0 aliphatic rings. The van der Waals surface area contributed by atoms with Gasteiger partial charge in [0.1, 0.15) is 10.8 Å². The highest BCUT2D eigenvalue weighted by atomic mass is 32.1. The van der Waals surface area contributed by atoms with Crippen LogP contribution in [0.4, 0.5) is 4.39 Å². The van der Waals surface area contributed by atoms with E-state index in [1.54, 1.807) is 17.4 Å². The molecule has 0 radical (unpaired) electrons. The van der Waals surface area contributed by atoms with Gasteiger partial charge in [-0.3, -0.25) is 0 Å². The van der Waals surface area contributed by atoms with Gasteiger partial charge in [-0.15, -0.1) is 11.3 Å². The summed E-state index contributed by atoms with van der Waals surface area (Å²) in [5.41, 5.74) is 9.10. The van der Waals surface area contributed by atoms with Crippen LogP contribution in [0, 0.1) is 12.7 Å². The number of hydrogen-bond donors (Lipinski definition) is 1. The Kier molecular flexibility index (Phi) is 3.74. The summed E-state index contributed by atoms with van der Waals surface area (Å²) in [5.74, 6) is -0.233. The van der Waals surface area contributed by atoms with Crippen molar-refractivity contribution in [3.05, 3.63) is 51.2 Å². The van der Waals surface area contributed by atoms with Crippen molar-refractivity contribution in [2.75, 3.05) is 0 Å². The van der Waals surface area contributed by atoms with Crippen molar-refractivity contribution < 1.29 is 4.39 Å². The lowest BCUT2D eigenvalue weighted by Crippen LogP contribution is -2.15. The highest BCUT2D eigenvalue weighted by molar-refractivity contribution is 7.09. The van der Waals surface area contributed by atoms with Gasteiger partial charge in [-0.2, -0.15) is 0 Å². The van der Waals surface area contributed by atoms with Crippen LogP contribution >= 0.6 is 11.3 Å². The molecule has 2 N–H and O–H groups in total. The zero-order chi connectivity index (χ0) is 14.2. The normalized spacial score (nSPS) is 13.6. The largest absolute Gasteiger partial charge is 0.318 e. The van der Waals surface area contributed by atoms with E-state index in [1.807, 2.05) is 12.3 Å². The van der Waals surface area contributed by atoms with E-state index in [4.69, 9.17) is 5.73 Å². The van der Waals surface area contributed by atoms with Crippen LogP contribution in [-0.2, 0) is 5.41 Å². The predicted molar refractivity (Wildman–Crippen MR) is 78.0 cm³/mol. The first-order chi connectivity index (χ1) is 8.79. The molecule has 0 amide bonds. The van der Waals surface area contributed by atoms with Crippen molar-refractivity contribution in [1.82, 2.24) is 4.98 Å². The molecule has 1 unspecified atom stereocenters. The van der Waals surface area contributed by atoms with Crippen LogP contribution in [0.2, 0.25) is 0 Å². The molecular weight excluding hydrogens is 259 g/mol. The predicted octanol–water partition coefficient (Wildman–Crippen LogP) is 3.94. The van der Waals surface area contributed by atoms with Crippen LogP contribution in [0.1, 0.15) is 48.6 Å². The molecule has 1 aromatic carbocycles. The smallest absolute Gasteiger partial charge is 0.123 e. The number of aromatic nitrogens is 1. The molecule has 1 atom stereocenters. The highest BCUT2D eigenvalue weighted by Crippen LogP contribution is 2.29. The van der Waals surface area contributed by atoms with Gasteiger partial charge in [-0.05, 0) is 30.2 Å². The van der Waals surface area contributed by atoms with Crippen molar-refractivity contribution >= 4 is 11.3 Å².